The smallest absolute Gasteiger partial charge is 0.338 e. The van der Waals surface area contributed by atoms with Crippen molar-refractivity contribution in [2.45, 2.75) is 37.8 Å². The van der Waals surface area contributed by atoms with E-state index < -0.39 is 12.0 Å². The Balaban J connectivity index is 1.95. The highest BCUT2D eigenvalue weighted by molar-refractivity contribution is 7.98. The van der Waals surface area contributed by atoms with E-state index in [1.54, 1.807) is 61.4 Å². The van der Waals surface area contributed by atoms with Crippen LogP contribution in [0.2, 0.25) is 10.0 Å². The van der Waals surface area contributed by atoms with Crippen LogP contribution < -0.4 is 14.9 Å². The van der Waals surface area contributed by atoms with Gasteiger partial charge >= 0.3 is 5.97 Å². The van der Waals surface area contributed by atoms with Crippen LogP contribution >= 0.6 is 46.3 Å². The van der Waals surface area contributed by atoms with Crippen molar-refractivity contribution in [3.05, 3.63) is 94.6 Å². The number of ether oxygens (including phenoxy) is 1. The topological polar surface area (TPSA) is 60.7 Å². The lowest BCUT2D eigenvalue weighted by Gasteiger charge is -2.25. The van der Waals surface area contributed by atoms with Gasteiger partial charge in [-0.2, -0.15) is 0 Å². The number of allylic oxidation sites excluding steroid dienone is 1. The molecule has 3 aromatic rings. The molecule has 0 bridgehead atoms. The second-order valence-electron chi connectivity index (χ2n) is 7.95. The molecule has 1 aliphatic heterocycles. The zero-order valence-electron chi connectivity index (χ0n) is 19.0. The van der Waals surface area contributed by atoms with E-state index >= 15 is 0 Å². The summed E-state index contributed by atoms with van der Waals surface area (Å²) in [7, 11) is 0. The molecule has 2 aromatic carbocycles. The van der Waals surface area contributed by atoms with Gasteiger partial charge in [-0.05, 0) is 62.4 Å². The number of aromatic nitrogens is 1. The van der Waals surface area contributed by atoms with Gasteiger partial charge < -0.3 is 4.74 Å². The summed E-state index contributed by atoms with van der Waals surface area (Å²) in [5, 5.41) is 0.779. The van der Waals surface area contributed by atoms with Crippen molar-refractivity contribution < 1.29 is 9.53 Å². The normalized spacial score (nSPS) is 16.0. The third-order valence-corrected chi connectivity index (χ3v) is 7.84. The van der Waals surface area contributed by atoms with Crippen LogP contribution in [0.25, 0.3) is 6.08 Å². The lowest BCUT2D eigenvalue weighted by Crippen LogP contribution is -2.40. The van der Waals surface area contributed by atoms with E-state index in [0.717, 1.165) is 10.5 Å². The van der Waals surface area contributed by atoms with Crippen LogP contribution in [-0.2, 0) is 9.53 Å². The lowest BCUT2D eigenvalue weighted by atomic mass is 9.96. The molecule has 2 heterocycles. The number of thiazole rings is 1. The molecule has 0 saturated heterocycles. The summed E-state index contributed by atoms with van der Waals surface area (Å²) in [5.74, 6) is -0.484. The first-order chi connectivity index (χ1) is 16.2. The zero-order valence-corrected chi connectivity index (χ0v) is 22.1. The van der Waals surface area contributed by atoms with Gasteiger partial charge in [-0.1, -0.05) is 58.8 Å². The van der Waals surface area contributed by atoms with Crippen molar-refractivity contribution >= 4 is 58.3 Å². The van der Waals surface area contributed by atoms with Gasteiger partial charge in [0.1, 0.15) is 0 Å². The zero-order chi connectivity index (χ0) is 24.6. The minimum Gasteiger partial charge on any atom is -0.459 e. The van der Waals surface area contributed by atoms with E-state index in [9.17, 15) is 9.59 Å². The van der Waals surface area contributed by atoms with Crippen molar-refractivity contribution in [3.63, 3.8) is 0 Å². The van der Waals surface area contributed by atoms with Gasteiger partial charge in [0.15, 0.2) is 4.80 Å². The number of hydrogen-bond acceptors (Lipinski definition) is 6. The van der Waals surface area contributed by atoms with Crippen molar-refractivity contribution in [2.75, 3.05) is 6.26 Å². The molecule has 0 N–H and O–H groups in total. The monoisotopic (exact) mass is 532 g/mol. The Morgan fingerprint density at radius 2 is 1.91 bits per heavy atom. The molecule has 0 amide bonds. The number of esters is 1. The Kier molecular flexibility index (Phi) is 7.38. The molecule has 4 rings (SSSR count). The number of carbonyl (C=O) groups is 1. The number of thioether (sulfide) groups is 1. The average Bonchev–Trinajstić information content (AvgIpc) is 3.10. The fourth-order valence-corrected chi connectivity index (χ4v) is 5.54. The van der Waals surface area contributed by atoms with Gasteiger partial charge in [-0.25, -0.2) is 9.79 Å². The third-order valence-electron chi connectivity index (χ3n) is 5.28. The Hall–Kier alpha value is -2.32. The maximum absolute atomic E-state index is 13.6. The molecule has 0 radical (unpaired) electrons. The summed E-state index contributed by atoms with van der Waals surface area (Å²) in [6.45, 7) is 5.35. The molecular weight excluding hydrogens is 511 g/mol. The van der Waals surface area contributed by atoms with Crippen molar-refractivity contribution in [2.24, 2.45) is 4.99 Å². The lowest BCUT2D eigenvalue weighted by molar-refractivity contribution is -0.143. The third kappa shape index (κ3) is 4.75. The molecule has 5 nitrogen and oxygen atoms in total. The molecule has 0 aliphatic carbocycles. The highest BCUT2D eigenvalue weighted by Crippen LogP contribution is 2.32. The minimum atomic E-state index is -0.657. The quantitative estimate of drug-likeness (QED) is 0.334. The van der Waals surface area contributed by atoms with Gasteiger partial charge in [0, 0.05) is 4.90 Å². The Morgan fingerprint density at radius 3 is 2.56 bits per heavy atom. The molecule has 9 heteroatoms. The first-order valence-corrected chi connectivity index (χ1v) is 13.3. The van der Waals surface area contributed by atoms with E-state index in [1.165, 1.54) is 11.3 Å². The Morgan fingerprint density at radius 1 is 1.21 bits per heavy atom. The highest BCUT2D eigenvalue weighted by Gasteiger charge is 2.33. The summed E-state index contributed by atoms with van der Waals surface area (Å²) in [4.78, 5) is 33.0. The van der Waals surface area contributed by atoms with E-state index in [4.69, 9.17) is 27.9 Å². The number of benzene rings is 2. The molecule has 0 fully saturated rings. The summed E-state index contributed by atoms with van der Waals surface area (Å²) in [5.41, 5.74) is 2.05. The molecular formula is C25H22Cl2N2O3S2. The average molecular weight is 534 g/mol. The molecule has 0 saturated carbocycles. The fraction of sp³-hybridized carbons (Fsp3) is 0.240. The summed E-state index contributed by atoms with van der Waals surface area (Å²) in [6.07, 6.45) is 3.40. The SMILES string of the molecule is CSc1ccc([C@H]2C(C(=O)OC(C)C)=C(C)N=c3s/c(=C\c4cccc(Cl)c4Cl)c(=O)n32)cc1. The predicted octanol–water partition coefficient (Wildman–Crippen LogP) is 5.22. The van der Waals surface area contributed by atoms with Gasteiger partial charge in [0.2, 0.25) is 0 Å². The number of hydrogen-bond donors (Lipinski definition) is 0. The van der Waals surface area contributed by atoms with Gasteiger partial charge in [-0.15, -0.1) is 11.8 Å². The second-order valence-corrected chi connectivity index (χ2v) is 10.6. The fourth-order valence-electron chi connectivity index (χ4n) is 3.74. The van der Waals surface area contributed by atoms with Gasteiger partial charge in [0.05, 0.1) is 38.0 Å². The Labute approximate surface area is 215 Å². The van der Waals surface area contributed by atoms with Crippen LogP contribution in [0, 0.1) is 0 Å². The van der Waals surface area contributed by atoms with Crippen molar-refractivity contribution in [3.8, 4) is 0 Å². The van der Waals surface area contributed by atoms with Crippen LogP contribution in [0.15, 0.2) is 68.4 Å². The maximum Gasteiger partial charge on any atom is 0.338 e. The molecule has 0 unspecified atom stereocenters. The number of carbonyl (C=O) groups excluding carboxylic acids is 1. The van der Waals surface area contributed by atoms with Crippen LogP contribution in [0.1, 0.15) is 37.9 Å². The molecule has 0 spiro atoms. The summed E-state index contributed by atoms with van der Waals surface area (Å²) < 4.78 is 7.54. The number of halogens is 2. The first kappa shape index (κ1) is 24.8. The van der Waals surface area contributed by atoms with Crippen LogP contribution in [-0.4, -0.2) is 22.9 Å². The maximum atomic E-state index is 13.6. The molecule has 176 valence electrons. The molecule has 1 aromatic heterocycles. The van der Waals surface area contributed by atoms with E-state index in [-0.39, 0.29) is 11.7 Å². The predicted molar refractivity (Wildman–Crippen MR) is 140 cm³/mol. The summed E-state index contributed by atoms with van der Waals surface area (Å²) in [6, 6.07) is 12.4. The second kappa shape index (κ2) is 10.1. The Bertz CT molecular complexity index is 1470. The van der Waals surface area contributed by atoms with E-state index in [2.05, 4.69) is 4.99 Å². The van der Waals surface area contributed by atoms with Crippen molar-refractivity contribution in [1.82, 2.24) is 4.57 Å². The number of rotatable bonds is 5. The molecule has 1 aliphatic rings. The number of fused-ring (bicyclic) bond motifs is 1. The largest absolute Gasteiger partial charge is 0.459 e. The highest BCUT2D eigenvalue weighted by atomic mass is 35.5. The summed E-state index contributed by atoms with van der Waals surface area (Å²) >= 11 is 15.4. The minimum absolute atomic E-state index is 0.263. The van der Waals surface area contributed by atoms with Crippen molar-refractivity contribution in [1.29, 1.82) is 0 Å². The van der Waals surface area contributed by atoms with Crippen LogP contribution in [0.5, 0.6) is 0 Å². The standard InChI is InChI=1S/C25H22Cl2N2O3S2/c1-13(2)32-24(31)20-14(3)28-25-29(22(20)15-8-10-17(33-4)11-9-15)23(30)19(34-25)12-16-6-5-7-18(26)21(16)27/h5-13,22H,1-4H3/b19-12-/t22-/m0/s1. The van der Waals surface area contributed by atoms with E-state index in [0.29, 0.717) is 36.2 Å². The van der Waals surface area contributed by atoms with Gasteiger partial charge in [0.25, 0.3) is 5.56 Å². The molecule has 1 atom stereocenters. The molecule has 34 heavy (non-hydrogen) atoms. The van der Waals surface area contributed by atoms with Crippen LogP contribution in [0.3, 0.4) is 0 Å². The van der Waals surface area contributed by atoms with Gasteiger partial charge in [-0.3, -0.25) is 9.36 Å². The first-order valence-electron chi connectivity index (χ1n) is 10.5. The van der Waals surface area contributed by atoms with E-state index in [1.807, 2.05) is 30.5 Å². The number of nitrogens with zero attached hydrogens (tertiary/aromatic N) is 2. The van der Waals surface area contributed by atoms with Crippen LogP contribution in [0.4, 0.5) is 0 Å².